The van der Waals surface area contributed by atoms with Crippen LogP contribution in [0.1, 0.15) is 11.1 Å². The molecule has 0 fully saturated rings. The number of rotatable bonds is 1. The molecule has 0 N–H and O–H groups in total. The van der Waals surface area contributed by atoms with Gasteiger partial charge in [-0.3, -0.25) is 0 Å². The van der Waals surface area contributed by atoms with Crippen LogP contribution in [0.4, 0.5) is 13.2 Å². The van der Waals surface area contributed by atoms with Crippen molar-refractivity contribution in [2.45, 2.75) is 6.18 Å². The number of halogens is 3. The lowest BCUT2D eigenvalue weighted by Gasteiger charge is -2.11. The molecule has 2 nitrogen and oxygen atoms in total. The van der Waals surface area contributed by atoms with Crippen LogP contribution in [0.2, 0.25) is 0 Å². The summed E-state index contributed by atoms with van der Waals surface area (Å²) in [7, 11) is 0. The second-order valence-electron chi connectivity index (χ2n) is 2.92. The lowest BCUT2D eigenvalue weighted by atomic mass is 10.1. The smallest absolute Gasteiger partial charge is 0.235 e. The molecular formula is C10H6F3N2. The molecule has 0 aromatic heterocycles. The second kappa shape index (κ2) is 3.42. The Bertz CT molecular complexity index is 433. The van der Waals surface area contributed by atoms with Crippen molar-refractivity contribution in [2.75, 3.05) is 0 Å². The van der Waals surface area contributed by atoms with Gasteiger partial charge in [-0.2, -0.15) is 13.2 Å². The summed E-state index contributed by atoms with van der Waals surface area (Å²) in [5.74, 6) is 0.0999. The molecule has 5 heteroatoms. The molecule has 2 rings (SSSR count). The summed E-state index contributed by atoms with van der Waals surface area (Å²) in [6, 6.07) is 5.25. The molecule has 1 aliphatic heterocycles. The van der Waals surface area contributed by atoms with Gasteiger partial charge < -0.3 is 0 Å². The SMILES string of the molecule is FC(F)(F)c1ccccc1C1=NC=C[N]1. The quantitative estimate of drug-likeness (QED) is 0.682. The Balaban J connectivity index is 2.47. The molecule has 0 atom stereocenters. The van der Waals surface area contributed by atoms with E-state index in [4.69, 9.17) is 0 Å². The van der Waals surface area contributed by atoms with Crippen molar-refractivity contribution in [3.05, 3.63) is 47.8 Å². The van der Waals surface area contributed by atoms with Gasteiger partial charge in [0.05, 0.1) is 5.56 Å². The van der Waals surface area contributed by atoms with Gasteiger partial charge >= 0.3 is 6.18 Å². The minimum absolute atomic E-state index is 0.00926. The Morgan fingerprint density at radius 1 is 1.00 bits per heavy atom. The van der Waals surface area contributed by atoms with E-state index >= 15 is 0 Å². The molecule has 0 aliphatic carbocycles. The van der Waals surface area contributed by atoms with Gasteiger partial charge in [0, 0.05) is 18.0 Å². The van der Waals surface area contributed by atoms with E-state index in [2.05, 4.69) is 10.3 Å². The van der Waals surface area contributed by atoms with Crippen LogP contribution in [0.25, 0.3) is 0 Å². The maximum atomic E-state index is 12.6. The predicted molar refractivity (Wildman–Crippen MR) is 49.3 cm³/mol. The highest BCUT2D eigenvalue weighted by Crippen LogP contribution is 2.32. The Labute approximate surface area is 84.1 Å². The van der Waals surface area contributed by atoms with E-state index in [1.165, 1.54) is 30.6 Å². The van der Waals surface area contributed by atoms with Gasteiger partial charge in [0.2, 0.25) is 0 Å². The second-order valence-corrected chi connectivity index (χ2v) is 2.92. The minimum Gasteiger partial charge on any atom is -0.235 e. The molecule has 1 aromatic carbocycles. The lowest BCUT2D eigenvalue weighted by molar-refractivity contribution is -0.137. The van der Waals surface area contributed by atoms with Gasteiger partial charge in [-0.05, 0) is 6.07 Å². The number of benzene rings is 1. The van der Waals surface area contributed by atoms with Gasteiger partial charge in [-0.1, -0.05) is 18.2 Å². The van der Waals surface area contributed by atoms with Crippen LogP contribution >= 0.6 is 0 Å². The van der Waals surface area contributed by atoms with E-state index < -0.39 is 11.7 Å². The Hall–Kier alpha value is -1.78. The van der Waals surface area contributed by atoms with Crippen LogP contribution in [-0.2, 0) is 6.18 Å². The predicted octanol–water partition coefficient (Wildman–Crippen LogP) is 2.54. The molecule has 0 unspecified atom stereocenters. The van der Waals surface area contributed by atoms with Crippen molar-refractivity contribution >= 4 is 5.84 Å². The standard InChI is InChI=1S/C10H6F3N2/c11-10(12,13)8-4-2-1-3-7(8)9-14-5-6-15-9/h1-6H. The molecule has 1 heterocycles. The fourth-order valence-corrected chi connectivity index (χ4v) is 1.31. The molecule has 0 saturated heterocycles. The number of alkyl halides is 3. The van der Waals surface area contributed by atoms with Crippen molar-refractivity contribution in [1.29, 1.82) is 0 Å². The topological polar surface area (TPSA) is 26.5 Å². The zero-order valence-electron chi connectivity index (χ0n) is 7.49. The van der Waals surface area contributed by atoms with E-state index in [1.54, 1.807) is 0 Å². The third-order valence-corrected chi connectivity index (χ3v) is 1.93. The first-order valence-electron chi connectivity index (χ1n) is 4.19. The molecular weight excluding hydrogens is 205 g/mol. The van der Waals surface area contributed by atoms with E-state index in [0.29, 0.717) is 0 Å². The van der Waals surface area contributed by atoms with Crippen LogP contribution in [0.15, 0.2) is 41.7 Å². The van der Waals surface area contributed by atoms with E-state index in [9.17, 15) is 13.2 Å². The first-order chi connectivity index (χ1) is 7.09. The summed E-state index contributed by atoms with van der Waals surface area (Å²) in [6.45, 7) is 0. The van der Waals surface area contributed by atoms with E-state index in [-0.39, 0.29) is 11.4 Å². The Morgan fingerprint density at radius 3 is 2.33 bits per heavy atom. The maximum absolute atomic E-state index is 12.6. The van der Waals surface area contributed by atoms with Gasteiger partial charge in [-0.15, -0.1) is 0 Å². The normalized spacial score (nSPS) is 15.0. The van der Waals surface area contributed by atoms with Crippen LogP contribution in [-0.4, -0.2) is 5.84 Å². The third-order valence-electron chi connectivity index (χ3n) is 1.93. The largest absolute Gasteiger partial charge is 0.417 e. The van der Waals surface area contributed by atoms with Crippen molar-refractivity contribution < 1.29 is 13.2 Å². The number of amidine groups is 1. The highest BCUT2D eigenvalue weighted by atomic mass is 19.4. The van der Waals surface area contributed by atoms with Gasteiger partial charge in [0.15, 0.2) is 5.84 Å². The average molecular weight is 211 g/mol. The fraction of sp³-hybridized carbons (Fsp3) is 0.100. The summed E-state index contributed by atoms with van der Waals surface area (Å²) in [6.07, 6.45) is -1.65. The molecule has 1 aromatic rings. The summed E-state index contributed by atoms with van der Waals surface area (Å²) < 4.78 is 37.8. The van der Waals surface area contributed by atoms with Gasteiger partial charge in [0.1, 0.15) is 0 Å². The van der Waals surface area contributed by atoms with Crippen LogP contribution < -0.4 is 5.32 Å². The Kier molecular flexibility index (Phi) is 2.22. The maximum Gasteiger partial charge on any atom is 0.417 e. The van der Waals surface area contributed by atoms with Crippen LogP contribution in [0.3, 0.4) is 0 Å². The molecule has 0 bridgehead atoms. The first-order valence-corrected chi connectivity index (χ1v) is 4.19. The molecule has 0 amide bonds. The molecule has 77 valence electrons. The third kappa shape index (κ3) is 1.86. The molecule has 1 aliphatic rings. The van der Waals surface area contributed by atoms with Crippen LogP contribution in [0, 0.1) is 0 Å². The Morgan fingerprint density at radius 2 is 1.73 bits per heavy atom. The lowest BCUT2D eigenvalue weighted by Crippen LogP contribution is -2.16. The van der Waals surface area contributed by atoms with E-state index in [0.717, 1.165) is 6.07 Å². The monoisotopic (exact) mass is 211 g/mol. The first kappa shape index (κ1) is 9.76. The van der Waals surface area contributed by atoms with Crippen molar-refractivity contribution in [2.24, 2.45) is 4.99 Å². The molecule has 0 saturated carbocycles. The number of hydrogen-bond acceptors (Lipinski definition) is 1. The summed E-state index contributed by atoms with van der Waals surface area (Å²) in [5, 5.41) is 3.75. The van der Waals surface area contributed by atoms with Gasteiger partial charge in [-0.25, -0.2) is 10.3 Å². The molecule has 1 radical (unpaired) electrons. The summed E-state index contributed by atoms with van der Waals surface area (Å²) in [5.41, 5.74) is -0.703. The summed E-state index contributed by atoms with van der Waals surface area (Å²) >= 11 is 0. The van der Waals surface area contributed by atoms with Crippen molar-refractivity contribution in [1.82, 2.24) is 5.32 Å². The number of hydrogen-bond donors (Lipinski definition) is 0. The highest BCUT2D eigenvalue weighted by Gasteiger charge is 2.34. The molecule has 0 spiro atoms. The van der Waals surface area contributed by atoms with Crippen molar-refractivity contribution in [3.8, 4) is 0 Å². The van der Waals surface area contributed by atoms with E-state index in [1.807, 2.05) is 0 Å². The van der Waals surface area contributed by atoms with Crippen molar-refractivity contribution in [3.63, 3.8) is 0 Å². The van der Waals surface area contributed by atoms with Gasteiger partial charge in [0.25, 0.3) is 0 Å². The average Bonchev–Trinajstić information content (AvgIpc) is 2.69. The minimum atomic E-state index is -4.38. The molecule has 15 heavy (non-hydrogen) atoms. The zero-order chi connectivity index (χ0) is 10.9. The fourth-order valence-electron chi connectivity index (χ4n) is 1.31. The van der Waals surface area contributed by atoms with Crippen LogP contribution in [0.5, 0.6) is 0 Å². The zero-order valence-corrected chi connectivity index (χ0v) is 7.49. The summed E-state index contributed by atoms with van der Waals surface area (Å²) in [4.78, 5) is 3.75. The number of nitrogens with zero attached hydrogens (tertiary/aromatic N) is 2. The highest BCUT2D eigenvalue weighted by molar-refractivity contribution is 6.01. The number of aliphatic imine (C=N–C) groups is 1.